The lowest BCUT2D eigenvalue weighted by Gasteiger charge is -2.33. The summed E-state index contributed by atoms with van der Waals surface area (Å²) in [4.78, 5) is 25.6. The van der Waals surface area contributed by atoms with Crippen LogP contribution in [0.5, 0.6) is 5.75 Å². The van der Waals surface area contributed by atoms with E-state index in [-0.39, 0.29) is 6.09 Å². The first-order valence-corrected chi connectivity index (χ1v) is 12.7. The Hall–Kier alpha value is -2.36. The van der Waals surface area contributed by atoms with Gasteiger partial charge in [-0.3, -0.25) is 4.90 Å². The van der Waals surface area contributed by atoms with E-state index in [9.17, 15) is 4.79 Å². The Morgan fingerprint density at radius 3 is 2.59 bits per heavy atom. The van der Waals surface area contributed by atoms with Crippen LogP contribution in [0.1, 0.15) is 16.3 Å². The van der Waals surface area contributed by atoms with Gasteiger partial charge in [-0.05, 0) is 31.0 Å². The van der Waals surface area contributed by atoms with Crippen molar-refractivity contribution in [3.63, 3.8) is 0 Å². The number of rotatable bonds is 8. The topological polar surface area (TPSA) is 63.5 Å². The van der Waals surface area contributed by atoms with Gasteiger partial charge in [-0.15, -0.1) is 11.3 Å². The number of aryl methyl sites for hydroxylation is 3. The Labute approximate surface area is 197 Å². The molecule has 0 spiro atoms. The van der Waals surface area contributed by atoms with Crippen molar-refractivity contribution < 1.29 is 9.53 Å². The maximum atomic E-state index is 12.5. The largest absolute Gasteiger partial charge is 0.415 e. The van der Waals surface area contributed by atoms with E-state index in [1.165, 1.54) is 5.56 Å². The van der Waals surface area contributed by atoms with Gasteiger partial charge < -0.3 is 14.2 Å². The number of ether oxygens (including phenoxy) is 1. The molecule has 0 atom stereocenters. The average Bonchev–Trinajstić information content (AvgIpc) is 3.41. The first-order valence-electron chi connectivity index (χ1n) is 10.9. The second-order valence-electron chi connectivity index (χ2n) is 7.87. The first-order chi connectivity index (χ1) is 15.6. The van der Waals surface area contributed by atoms with E-state index in [1.54, 1.807) is 28.0 Å². The van der Waals surface area contributed by atoms with Gasteiger partial charge in [0.1, 0.15) is 5.75 Å². The van der Waals surface area contributed by atoms with Crippen molar-refractivity contribution in [2.75, 3.05) is 38.5 Å². The summed E-state index contributed by atoms with van der Waals surface area (Å²) in [6.45, 7) is 6.13. The lowest BCUT2D eigenvalue weighted by atomic mass is 10.2. The van der Waals surface area contributed by atoms with Crippen LogP contribution in [0.3, 0.4) is 0 Å². The number of carbonyl (C=O) groups excluding carboxylic acids is 1. The first kappa shape index (κ1) is 22.8. The summed E-state index contributed by atoms with van der Waals surface area (Å²) in [6.07, 6.45) is 5.40. The van der Waals surface area contributed by atoms with E-state index in [0.717, 1.165) is 54.1 Å². The standard InChI is InChI=1S/C23H29N5O2S2/c1-18-25-20(17-32-18)7-10-27-12-14-28(15-13-27)23(29)30-21-5-3-19(4-6-21)8-16-31-22-24-9-11-26(22)2/h3-6,9,11,17H,7-8,10,12-16H2,1-2H3. The van der Waals surface area contributed by atoms with Crippen molar-refractivity contribution >= 4 is 29.2 Å². The molecule has 1 fully saturated rings. The van der Waals surface area contributed by atoms with E-state index in [2.05, 4.69) is 20.2 Å². The van der Waals surface area contributed by atoms with E-state index in [1.807, 2.05) is 55.2 Å². The molecule has 0 bridgehead atoms. The number of hydrogen-bond acceptors (Lipinski definition) is 7. The van der Waals surface area contributed by atoms with Crippen molar-refractivity contribution in [3.8, 4) is 5.75 Å². The van der Waals surface area contributed by atoms with Crippen LogP contribution in [0.15, 0.2) is 47.2 Å². The van der Waals surface area contributed by atoms with Crippen molar-refractivity contribution in [3.05, 3.63) is 58.3 Å². The molecule has 0 saturated carbocycles. The highest BCUT2D eigenvalue weighted by Gasteiger charge is 2.22. The van der Waals surface area contributed by atoms with Crippen LogP contribution < -0.4 is 4.74 Å². The molecule has 7 nitrogen and oxygen atoms in total. The number of amides is 1. The number of thiazole rings is 1. The summed E-state index contributed by atoms with van der Waals surface area (Å²) < 4.78 is 7.62. The molecule has 0 aliphatic carbocycles. The van der Waals surface area contributed by atoms with Crippen LogP contribution in [0.4, 0.5) is 4.79 Å². The highest BCUT2D eigenvalue weighted by molar-refractivity contribution is 7.99. The molecule has 1 saturated heterocycles. The molecule has 170 valence electrons. The second-order valence-corrected chi connectivity index (χ2v) is 9.99. The van der Waals surface area contributed by atoms with Gasteiger partial charge in [-0.1, -0.05) is 23.9 Å². The molecule has 0 radical (unpaired) electrons. The van der Waals surface area contributed by atoms with Crippen molar-refractivity contribution in [2.45, 2.75) is 24.9 Å². The molecule has 1 aromatic carbocycles. The van der Waals surface area contributed by atoms with Gasteiger partial charge in [0.25, 0.3) is 0 Å². The quantitative estimate of drug-likeness (QED) is 0.465. The van der Waals surface area contributed by atoms with Crippen molar-refractivity contribution in [1.82, 2.24) is 24.3 Å². The summed E-state index contributed by atoms with van der Waals surface area (Å²) in [5.41, 5.74) is 2.38. The molecule has 9 heteroatoms. The number of thioether (sulfide) groups is 1. The molecular formula is C23H29N5O2S2. The van der Waals surface area contributed by atoms with Crippen molar-refractivity contribution in [1.29, 1.82) is 0 Å². The van der Waals surface area contributed by atoms with Gasteiger partial charge in [0.05, 0.1) is 10.7 Å². The molecule has 3 aromatic rings. The minimum atomic E-state index is -0.266. The second kappa shape index (κ2) is 11.0. The molecular weight excluding hydrogens is 442 g/mol. The van der Waals surface area contributed by atoms with E-state index >= 15 is 0 Å². The molecule has 2 aromatic heterocycles. The molecule has 4 rings (SSSR count). The van der Waals surface area contributed by atoms with E-state index in [0.29, 0.717) is 18.8 Å². The summed E-state index contributed by atoms with van der Waals surface area (Å²) in [5.74, 6) is 1.55. The van der Waals surface area contributed by atoms with Crippen LogP contribution >= 0.6 is 23.1 Å². The fourth-order valence-corrected chi connectivity index (χ4v) is 5.16. The molecule has 3 heterocycles. The fourth-order valence-electron chi connectivity index (χ4n) is 3.59. The summed E-state index contributed by atoms with van der Waals surface area (Å²) in [7, 11) is 2.00. The predicted molar refractivity (Wildman–Crippen MR) is 129 cm³/mol. The van der Waals surface area contributed by atoms with Gasteiger partial charge in [0, 0.05) is 69.7 Å². The number of aromatic nitrogens is 3. The molecule has 1 amide bonds. The normalized spacial score (nSPS) is 14.6. The molecule has 0 unspecified atom stereocenters. The van der Waals surface area contributed by atoms with Crippen LogP contribution in [-0.2, 0) is 19.9 Å². The fraction of sp³-hybridized carbons (Fsp3) is 0.435. The Kier molecular flexibility index (Phi) is 7.83. The molecule has 1 aliphatic heterocycles. The SMILES string of the molecule is Cc1nc(CCN2CCN(C(=O)Oc3ccc(CCSc4nccn4C)cc3)CC2)cs1. The highest BCUT2D eigenvalue weighted by atomic mass is 32.2. The van der Waals surface area contributed by atoms with Gasteiger partial charge in [0.2, 0.25) is 0 Å². The lowest BCUT2D eigenvalue weighted by molar-refractivity contribution is 0.111. The Balaban J connectivity index is 1.16. The number of piperazine rings is 1. The van der Waals surface area contributed by atoms with E-state index in [4.69, 9.17) is 4.74 Å². The van der Waals surface area contributed by atoms with E-state index < -0.39 is 0 Å². The van der Waals surface area contributed by atoms with Gasteiger partial charge in [0.15, 0.2) is 5.16 Å². The number of benzene rings is 1. The van der Waals surface area contributed by atoms with Crippen LogP contribution in [-0.4, -0.2) is 68.9 Å². The molecule has 0 N–H and O–H groups in total. The smallest absolute Gasteiger partial charge is 0.410 e. The van der Waals surface area contributed by atoms with Crippen LogP contribution in [0, 0.1) is 6.92 Å². The van der Waals surface area contributed by atoms with Gasteiger partial charge in [-0.2, -0.15) is 0 Å². The Bertz CT molecular complexity index is 1010. The number of imidazole rings is 1. The maximum Gasteiger partial charge on any atom is 0.415 e. The Morgan fingerprint density at radius 1 is 1.16 bits per heavy atom. The minimum absolute atomic E-state index is 0.266. The summed E-state index contributed by atoms with van der Waals surface area (Å²) in [6, 6.07) is 7.81. The zero-order valence-electron chi connectivity index (χ0n) is 18.6. The minimum Gasteiger partial charge on any atom is -0.410 e. The number of nitrogens with zero attached hydrogens (tertiary/aromatic N) is 5. The highest BCUT2D eigenvalue weighted by Crippen LogP contribution is 2.19. The monoisotopic (exact) mass is 471 g/mol. The third-order valence-electron chi connectivity index (χ3n) is 5.51. The van der Waals surface area contributed by atoms with Gasteiger partial charge >= 0.3 is 6.09 Å². The maximum absolute atomic E-state index is 12.5. The molecule has 32 heavy (non-hydrogen) atoms. The van der Waals surface area contributed by atoms with Crippen molar-refractivity contribution in [2.24, 2.45) is 7.05 Å². The predicted octanol–water partition coefficient (Wildman–Crippen LogP) is 3.88. The number of hydrogen-bond donors (Lipinski definition) is 0. The van der Waals surface area contributed by atoms with Crippen LogP contribution in [0.25, 0.3) is 0 Å². The average molecular weight is 472 g/mol. The van der Waals surface area contributed by atoms with Gasteiger partial charge in [-0.25, -0.2) is 14.8 Å². The molecule has 1 aliphatic rings. The summed E-state index contributed by atoms with van der Waals surface area (Å²) in [5, 5.41) is 4.27. The Morgan fingerprint density at radius 2 is 1.94 bits per heavy atom. The third kappa shape index (κ3) is 6.34. The third-order valence-corrected chi connectivity index (χ3v) is 7.39. The summed E-state index contributed by atoms with van der Waals surface area (Å²) >= 11 is 3.44. The lowest BCUT2D eigenvalue weighted by Crippen LogP contribution is -2.49. The van der Waals surface area contributed by atoms with Crippen LogP contribution in [0.2, 0.25) is 0 Å². The zero-order valence-corrected chi connectivity index (χ0v) is 20.2. The number of carbonyl (C=O) groups is 1. The zero-order chi connectivity index (χ0) is 22.3.